The van der Waals surface area contributed by atoms with Crippen molar-refractivity contribution in [2.75, 3.05) is 40.1 Å². The van der Waals surface area contributed by atoms with E-state index in [4.69, 9.17) is 14.2 Å². The second kappa shape index (κ2) is 12.1. The number of methoxy groups -OCH3 is 1. The number of fused-ring (bicyclic) bond motifs is 1. The van der Waals surface area contributed by atoms with E-state index >= 15 is 0 Å². The van der Waals surface area contributed by atoms with Gasteiger partial charge in [0.25, 0.3) is 11.8 Å². The first kappa shape index (κ1) is 27.8. The highest BCUT2D eigenvalue weighted by atomic mass is 32.1. The molecule has 4 rings (SSSR count). The summed E-state index contributed by atoms with van der Waals surface area (Å²) in [4.78, 5) is 56.9. The Hall–Kier alpha value is -4.21. The van der Waals surface area contributed by atoms with E-state index in [0.717, 1.165) is 23.3 Å². The number of carbonyl (C=O) groups is 4. The van der Waals surface area contributed by atoms with Crippen LogP contribution in [0, 0.1) is 17.2 Å². The Labute approximate surface area is 227 Å². The molecule has 0 radical (unpaired) electrons. The maximum atomic E-state index is 14.2. The van der Waals surface area contributed by atoms with Crippen LogP contribution in [0.15, 0.2) is 52.0 Å². The number of carbonyl (C=O) groups excluding carboxylic acids is 4. The number of alkyl halides is 1. The molecule has 2 atom stereocenters. The molecule has 2 aliphatic rings. The fourth-order valence-corrected chi connectivity index (χ4v) is 5.61. The number of benzene rings is 1. The maximum absolute atomic E-state index is 14.2. The van der Waals surface area contributed by atoms with Crippen molar-refractivity contribution in [1.82, 2.24) is 4.90 Å². The number of imide groups is 1. The van der Waals surface area contributed by atoms with Crippen molar-refractivity contribution in [3.05, 3.63) is 68.5 Å². The van der Waals surface area contributed by atoms with Crippen LogP contribution in [0.3, 0.4) is 0 Å². The normalized spacial score (nSPS) is 18.5. The molecular formula is C27H24FN3O7S. The number of hydrogen-bond donors (Lipinski definition) is 0. The molecule has 1 aromatic carbocycles. The van der Waals surface area contributed by atoms with E-state index in [-0.39, 0.29) is 48.9 Å². The summed E-state index contributed by atoms with van der Waals surface area (Å²) in [5.74, 6) is -4.89. The van der Waals surface area contributed by atoms with Gasteiger partial charge >= 0.3 is 11.9 Å². The van der Waals surface area contributed by atoms with Crippen LogP contribution in [0.25, 0.3) is 0 Å². The van der Waals surface area contributed by atoms with Gasteiger partial charge in [0.2, 0.25) is 0 Å². The maximum Gasteiger partial charge on any atom is 0.336 e. The minimum Gasteiger partial charge on any atom is -0.468 e. The Bertz CT molecular complexity index is 1390. The molecule has 0 saturated heterocycles. The monoisotopic (exact) mass is 553 g/mol. The summed E-state index contributed by atoms with van der Waals surface area (Å²) in [5.41, 5.74) is 0.610. The number of nitrogens with zero attached hydrogens (tertiary/aromatic N) is 3. The summed E-state index contributed by atoms with van der Waals surface area (Å²) in [5, 5.41) is 11.3. The van der Waals surface area contributed by atoms with Crippen LogP contribution in [0.5, 0.6) is 0 Å². The van der Waals surface area contributed by atoms with Crippen LogP contribution in [-0.4, -0.2) is 74.5 Å². The first-order valence-electron chi connectivity index (χ1n) is 12.0. The minimum atomic E-state index is -1.30. The molecule has 202 valence electrons. The highest BCUT2D eigenvalue weighted by Crippen LogP contribution is 2.43. The van der Waals surface area contributed by atoms with Crippen LogP contribution in [0.2, 0.25) is 0 Å². The molecule has 2 aliphatic heterocycles. The van der Waals surface area contributed by atoms with Crippen LogP contribution in [0.4, 0.5) is 4.39 Å². The predicted octanol–water partition coefficient (Wildman–Crippen LogP) is 3.05. The lowest BCUT2D eigenvalue weighted by Gasteiger charge is -2.31. The zero-order valence-corrected chi connectivity index (χ0v) is 22.0. The fraction of sp³-hybridized carbons (Fsp3) is 0.333. The molecule has 12 heteroatoms. The number of hydrogen-bond acceptors (Lipinski definition) is 10. The summed E-state index contributed by atoms with van der Waals surface area (Å²) in [7, 11) is 1.14. The van der Waals surface area contributed by atoms with Crippen LogP contribution >= 0.6 is 11.3 Å². The Morgan fingerprint density at radius 1 is 1.18 bits per heavy atom. The van der Waals surface area contributed by atoms with Crippen LogP contribution in [0.1, 0.15) is 44.0 Å². The summed E-state index contributed by atoms with van der Waals surface area (Å²) in [6, 6.07) is 10.0. The molecular weight excluding hydrogens is 529 g/mol. The number of halogens is 1. The number of esters is 2. The average Bonchev–Trinajstić information content (AvgIpc) is 3.52. The number of nitriles is 1. The van der Waals surface area contributed by atoms with E-state index in [1.807, 2.05) is 6.07 Å². The van der Waals surface area contributed by atoms with Crippen molar-refractivity contribution in [3.8, 4) is 6.07 Å². The van der Waals surface area contributed by atoms with Gasteiger partial charge in [-0.15, -0.1) is 11.3 Å². The minimum absolute atomic E-state index is 0.0149. The summed E-state index contributed by atoms with van der Waals surface area (Å²) in [6.45, 7) is 0.0387. The molecule has 0 fully saturated rings. The van der Waals surface area contributed by atoms with Gasteiger partial charge < -0.3 is 14.2 Å². The summed E-state index contributed by atoms with van der Waals surface area (Å²) in [6.07, 6.45) is 0. The topological polar surface area (TPSA) is 135 Å². The first-order chi connectivity index (χ1) is 18.9. The number of ether oxygens (including phenoxy) is 3. The lowest BCUT2D eigenvalue weighted by atomic mass is 9.77. The zero-order chi connectivity index (χ0) is 28.1. The lowest BCUT2D eigenvalue weighted by molar-refractivity contribution is -0.144. The van der Waals surface area contributed by atoms with Gasteiger partial charge in [-0.25, -0.2) is 9.18 Å². The smallest absolute Gasteiger partial charge is 0.336 e. The summed E-state index contributed by atoms with van der Waals surface area (Å²) >= 11 is 1.13. The van der Waals surface area contributed by atoms with Gasteiger partial charge in [-0.1, -0.05) is 12.1 Å². The molecule has 0 saturated carbocycles. The van der Waals surface area contributed by atoms with Gasteiger partial charge in [0.1, 0.15) is 18.7 Å². The molecule has 3 heterocycles. The van der Waals surface area contributed by atoms with Crippen molar-refractivity contribution < 1.29 is 37.8 Å². The highest BCUT2D eigenvalue weighted by Gasteiger charge is 2.46. The second-order valence-corrected chi connectivity index (χ2v) is 9.41. The van der Waals surface area contributed by atoms with E-state index in [9.17, 15) is 28.8 Å². The third-order valence-electron chi connectivity index (χ3n) is 6.35. The van der Waals surface area contributed by atoms with Crippen molar-refractivity contribution in [2.24, 2.45) is 10.9 Å². The Morgan fingerprint density at radius 2 is 1.87 bits per heavy atom. The van der Waals surface area contributed by atoms with E-state index in [1.54, 1.807) is 36.6 Å². The molecule has 0 spiro atoms. The summed E-state index contributed by atoms with van der Waals surface area (Å²) < 4.78 is 30.1. The quantitative estimate of drug-likeness (QED) is 0.249. The van der Waals surface area contributed by atoms with E-state index < -0.39 is 42.3 Å². The number of rotatable bonds is 10. The van der Waals surface area contributed by atoms with Gasteiger partial charge in [-0.3, -0.25) is 24.3 Å². The molecule has 2 amide bonds. The molecule has 2 aromatic rings. The molecule has 0 bridgehead atoms. The number of amides is 2. The zero-order valence-electron chi connectivity index (χ0n) is 21.1. The van der Waals surface area contributed by atoms with Crippen LogP contribution < -0.4 is 0 Å². The first-order valence-corrected chi connectivity index (χ1v) is 12.9. The third kappa shape index (κ3) is 5.23. The number of thiophene rings is 1. The van der Waals surface area contributed by atoms with Crippen molar-refractivity contribution in [3.63, 3.8) is 0 Å². The fourth-order valence-electron chi connectivity index (χ4n) is 4.62. The molecule has 2 unspecified atom stereocenters. The van der Waals surface area contributed by atoms with E-state index in [0.29, 0.717) is 16.0 Å². The van der Waals surface area contributed by atoms with Gasteiger partial charge in [0, 0.05) is 10.8 Å². The van der Waals surface area contributed by atoms with Crippen molar-refractivity contribution in [2.45, 2.75) is 12.8 Å². The van der Waals surface area contributed by atoms with Gasteiger partial charge in [0.05, 0.1) is 67.1 Å². The largest absolute Gasteiger partial charge is 0.468 e. The van der Waals surface area contributed by atoms with Gasteiger partial charge in [-0.2, -0.15) is 5.26 Å². The predicted molar refractivity (Wildman–Crippen MR) is 137 cm³/mol. The standard InChI is InChI=1S/C27H24FN3O7S/c1-3-38-27(35)21-19(14-37-10-9-31-24(32)16-6-4-5-7-17(16)25(31)33)30-18(12-28)20(26(34)36-2)22(21)23-15(13-29)8-11-39-23/h4-8,11,20,22H,3,9-10,12,14H2,1-2H3. The van der Waals surface area contributed by atoms with Crippen LogP contribution in [-0.2, 0) is 23.8 Å². The Balaban J connectivity index is 1.64. The molecule has 0 N–H and O–H groups in total. The number of aliphatic imine (C=N–C) groups is 1. The second-order valence-electron chi connectivity index (χ2n) is 8.47. The molecule has 39 heavy (non-hydrogen) atoms. The van der Waals surface area contributed by atoms with Crippen molar-refractivity contribution >= 4 is 40.8 Å². The van der Waals surface area contributed by atoms with Crippen molar-refractivity contribution in [1.29, 1.82) is 5.26 Å². The molecule has 1 aromatic heterocycles. The van der Waals surface area contributed by atoms with E-state index in [1.165, 1.54) is 6.07 Å². The SMILES string of the molecule is CCOC(=O)C1=C(COCCN2C(=O)c3ccccc3C2=O)N=C(CF)C(C(=O)OC)C1c1sccc1C#N. The Morgan fingerprint density at radius 3 is 2.46 bits per heavy atom. The lowest BCUT2D eigenvalue weighted by Crippen LogP contribution is -2.39. The average molecular weight is 554 g/mol. The molecule has 0 aliphatic carbocycles. The Kier molecular flexibility index (Phi) is 8.63. The van der Waals surface area contributed by atoms with E-state index in [2.05, 4.69) is 4.99 Å². The van der Waals surface area contributed by atoms with Gasteiger partial charge in [0.15, 0.2) is 0 Å². The molecule has 10 nitrogen and oxygen atoms in total. The van der Waals surface area contributed by atoms with Gasteiger partial charge in [-0.05, 0) is 30.5 Å². The third-order valence-corrected chi connectivity index (χ3v) is 7.35. The highest BCUT2D eigenvalue weighted by molar-refractivity contribution is 7.10.